The maximum Gasteiger partial charge on any atom is 0.137 e. The zero-order valence-corrected chi connectivity index (χ0v) is 28.7. The lowest BCUT2D eigenvalue weighted by molar-refractivity contribution is 0.669. The molecule has 4 heteroatoms. The fourth-order valence-corrected chi connectivity index (χ4v) is 9.21. The van der Waals surface area contributed by atoms with Gasteiger partial charge in [-0.3, -0.25) is 0 Å². The van der Waals surface area contributed by atoms with Gasteiger partial charge in [0, 0.05) is 48.1 Å². The van der Waals surface area contributed by atoms with Gasteiger partial charge >= 0.3 is 0 Å². The van der Waals surface area contributed by atoms with Crippen molar-refractivity contribution in [3.8, 4) is 22.3 Å². The summed E-state index contributed by atoms with van der Waals surface area (Å²) < 4.78 is 15.4. The lowest BCUT2D eigenvalue weighted by atomic mass is 9.98. The number of thiophene rings is 1. The molecule has 0 saturated heterocycles. The SMILES string of the molecule is c1ccc(-c2ccc3c(c2)sc2c(-c4ccccc4)ccc(N(c4ccc5c(c4)oc4ccccc45)c4cccc5oc6ccccc6c45)c23)cc1. The second-order valence-corrected chi connectivity index (χ2v) is 14.3. The molecule has 52 heavy (non-hydrogen) atoms. The number of anilines is 3. The summed E-state index contributed by atoms with van der Waals surface area (Å²) in [6.45, 7) is 0. The van der Waals surface area contributed by atoms with Gasteiger partial charge in [-0.25, -0.2) is 0 Å². The Morgan fingerprint density at radius 3 is 1.85 bits per heavy atom. The molecular weight excluding hydrogens is 655 g/mol. The summed E-state index contributed by atoms with van der Waals surface area (Å²) >= 11 is 1.86. The minimum absolute atomic E-state index is 0.854. The molecule has 0 radical (unpaired) electrons. The smallest absolute Gasteiger partial charge is 0.137 e. The molecule has 0 atom stereocenters. The van der Waals surface area contributed by atoms with Gasteiger partial charge in [-0.05, 0) is 70.8 Å². The third-order valence-corrected chi connectivity index (χ3v) is 11.5. The molecule has 0 saturated carbocycles. The molecule has 0 amide bonds. The number of para-hydroxylation sites is 2. The molecule has 0 aliphatic heterocycles. The van der Waals surface area contributed by atoms with E-state index in [1.807, 2.05) is 35.6 Å². The molecule has 3 nitrogen and oxygen atoms in total. The van der Waals surface area contributed by atoms with Gasteiger partial charge in [-0.2, -0.15) is 0 Å². The van der Waals surface area contributed by atoms with E-state index in [1.54, 1.807) is 0 Å². The molecule has 0 bridgehead atoms. The average Bonchev–Trinajstić information content (AvgIpc) is 3.90. The Kier molecular flexibility index (Phi) is 6.42. The van der Waals surface area contributed by atoms with Crippen LogP contribution in [0.2, 0.25) is 0 Å². The van der Waals surface area contributed by atoms with Gasteiger partial charge in [-0.1, -0.05) is 121 Å². The molecule has 0 spiro atoms. The van der Waals surface area contributed by atoms with Crippen LogP contribution in [-0.4, -0.2) is 0 Å². The summed E-state index contributed by atoms with van der Waals surface area (Å²) in [5.41, 5.74) is 11.5. The fraction of sp³-hybridized carbons (Fsp3) is 0. The molecule has 0 unspecified atom stereocenters. The van der Waals surface area contributed by atoms with Crippen LogP contribution < -0.4 is 4.90 Å². The summed E-state index contributed by atoms with van der Waals surface area (Å²) in [5.74, 6) is 0. The van der Waals surface area contributed by atoms with Gasteiger partial charge in [0.2, 0.25) is 0 Å². The number of furan rings is 2. The van der Waals surface area contributed by atoms with Crippen LogP contribution in [0.15, 0.2) is 185 Å². The Labute approximate surface area is 303 Å². The van der Waals surface area contributed by atoms with Gasteiger partial charge in [0.25, 0.3) is 0 Å². The zero-order valence-electron chi connectivity index (χ0n) is 27.9. The minimum Gasteiger partial charge on any atom is -0.456 e. The van der Waals surface area contributed by atoms with Crippen LogP contribution in [0.5, 0.6) is 0 Å². The van der Waals surface area contributed by atoms with Crippen molar-refractivity contribution in [1.82, 2.24) is 0 Å². The first kappa shape index (κ1) is 29.1. The first-order chi connectivity index (χ1) is 25.8. The molecule has 0 aliphatic rings. The van der Waals surface area contributed by atoms with Crippen molar-refractivity contribution in [1.29, 1.82) is 0 Å². The zero-order chi connectivity index (χ0) is 34.2. The Balaban J connectivity index is 1.25. The fourth-order valence-electron chi connectivity index (χ4n) is 7.91. The third kappa shape index (κ3) is 4.45. The van der Waals surface area contributed by atoms with Crippen molar-refractivity contribution in [3.05, 3.63) is 176 Å². The number of fused-ring (bicyclic) bond motifs is 9. The van der Waals surface area contributed by atoms with Crippen molar-refractivity contribution >= 4 is 92.4 Å². The molecule has 11 rings (SSSR count). The molecule has 8 aromatic carbocycles. The van der Waals surface area contributed by atoms with E-state index in [0.29, 0.717) is 0 Å². The average molecular weight is 684 g/mol. The topological polar surface area (TPSA) is 29.5 Å². The van der Waals surface area contributed by atoms with Gasteiger partial charge < -0.3 is 13.7 Å². The molecule has 3 aromatic heterocycles. The van der Waals surface area contributed by atoms with E-state index in [2.05, 4.69) is 157 Å². The maximum atomic E-state index is 6.49. The van der Waals surface area contributed by atoms with Crippen LogP contribution in [0.1, 0.15) is 0 Å². The Morgan fingerprint density at radius 2 is 1.02 bits per heavy atom. The second kappa shape index (κ2) is 11.5. The molecule has 0 fully saturated rings. The van der Waals surface area contributed by atoms with Crippen LogP contribution in [0.4, 0.5) is 17.1 Å². The van der Waals surface area contributed by atoms with E-state index in [0.717, 1.165) is 60.9 Å². The highest BCUT2D eigenvalue weighted by Crippen LogP contribution is 2.51. The normalized spacial score (nSPS) is 11.8. The Morgan fingerprint density at radius 1 is 0.385 bits per heavy atom. The highest BCUT2D eigenvalue weighted by Gasteiger charge is 2.25. The van der Waals surface area contributed by atoms with Crippen LogP contribution in [-0.2, 0) is 0 Å². The predicted molar refractivity (Wildman–Crippen MR) is 219 cm³/mol. The van der Waals surface area contributed by atoms with E-state index in [4.69, 9.17) is 8.83 Å². The number of hydrogen-bond donors (Lipinski definition) is 0. The number of hydrogen-bond acceptors (Lipinski definition) is 4. The third-order valence-electron chi connectivity index (χ3n) is 10.3. The van der Waals surface area contributed by atoms with Crippen molar-refractivity contribution in [2.24, 2.45) is 0 Å². The molecule has 11 aromatic rings. The summed E-state index contributed by atoms with van der Waals surface area (Å²) in [7, 11) is 0. The number of nitrogens with zero attached hydrogens (tertiary/aromatic N) is 1. The van der Waals surface area contributed by atoms with E-state index in [9.17, 15) is 0 Å². The maximum absolute atomic E-state index is 6.49. The van der Waals surface area contributed by atoms with Gasteiger partial charge in [0.1, 0.15) is 22.3 Å². The van der Waals surface area contributed by atoms with E-state index in [1.165, 1.54) is 42.4 Å². The predicted octanol–water partition coefficient (Wildman–Crippen LogP) is 14.7. The summed E-state index contributed by atoms with van der Waals surface area (Å²) in [5, 5.41) is 6.83. The highest BCUT2D eigenvalue weighted by atomic mass is 32.1. The van der Waals surface area contributed by atoms with Gasteiger partial charge in [-0.15, -0.1) is 11.3 Å². The summed E-state index contributed by atoms with van der Waals surface area (Å²) in [6, 6.07) is 62.5. The summed E-state index contributed by atoms with van der Waals surface area (Å²) in [6.07, 6.45) is 0. The van der Waals surface area contributed by atoms with Crippen molar-refractivity contribution in [2.45, 2.75) is 0 Å². The van der Waals surface area contributed by atoms with Gasteiger partial charge in [0.05, 0.1) is 16.8 Å². The highest BCUT2D eigenvalue weighted by molar-refractivity contribution is 7.26. The standard InChI is InChI=1S/C48H29NO2S/c1-3-12-30(13-4-1)32-22-24-38-45(28-32)52-48-34(31-14-5-2-6-15-31)26-27-40(47(38)48)49(33-23-25-36-35-16-7-9-19-41(35)51-44(36)29-33)39-18-11-21-43-46(39)37-17-8-10-20-42(37)50-43/h1-29H. The van der Waals surface area contributed by atoms with Crippen LogP contribution >= 0.6 is 11.3 Å². The lowest BCUT2D eigenvalue weighted by Crippen LogP contribution is -2.11. The second-order valence-electron chi connectivity index (χ2n) is 13.2. The first-order valence-corrected chi connectivity index (χ1v) is 18.3. The monoisotopic (exact) mass is 683 g/mol. The van der Waals surface area contributed by atoms with Crippen molar-refractivity contribution in [2.75, 3.05) is 4.90 Å². The number of rotatable bonds is 5. The van der Waals surface area contributed by atoms with Gasteiger partial charge in [0.15, 0.2) is 0 Å². The van der Waals surface area contributed by atoms with Crippen LogP contribution in [0.25, 0.3) is 86.3 Å². The lowest BCUT2D eigenvalue weighted by Gasteiger charge is -2.27. The first-order valence-electron chi connectivity index (χ1n) is 17.5. The van der Waals surface area contributed by atoms with Crippen LogP contribution in [0, 0.1) is 0 Å². The largest absolute Gasteiger partial charge is 0.456 e. The van der Waals surface area contributed by atoms with Crippen molar-refractivity contribution < 1.29 is 8.83 Å². The molecule has 0 aliphatic carbocycles. The molecule has 0 N–H and O–H groups in total. The molecular formula is C48H29NO2S. The minimum atomic E-state index is 0.854. The number of benzene rings is 8. The van der Waals surface area contributed by atoms with E-state index in [-0.39, 0.29) is 0 Å². The summed E-state index contributed by atoms with van der Waals surface area (Å²) in [4.78, 5) is 2.41. The van der Waals surface area contributed by atoms with Crippen LogP contribution in [0.3, 0.4) is 0 Å². The van der Waals surface area contributed by atoms with E-state index < -0.39 is 0 Å². The molecule has 3 heterocycles. The van der Waals surface area contributed by atoms with E-state index >= 15 is 0 Å². The quantitative estimate of drug-likeness (QED) is 0.181. The Bertz CT molecular complexity index is 3130. The van der Waals surface area contributed by atoms with Crippen molar-refractivity contribution in [3.63, 3.8) is 0 Å². The Hall–Kier alpha value is -6.62. The molecule has 244 valence electrons.